The van der Waals surface area contributed by atoms with Gasteiger partial charge < -0.3 is 15.3 Å². The van der Waals surface area contributed by atoms with E-state index in [9.17, 15) is 14.3 Å². The van der Waals surface area contributed by atoms with Gasteiger partial charge in [-0.25, -0.2) is 9.78 Å². The number of carbonyl (C=O) groups excluding carboxylic acids is 1. The van der Waals surface area contributed by atoms with E-state index < -0.39 is 11.5 Å². The lowest BCUT2D eigenvalue weighted by Gasteiger charge is -2.29. The second-order valence-corrected chi connectivity index (χ2v) is 5.95. The highest BCUT2D eigenvalue weighted by Crippen LogP contribution is 2.13. The van der Waals surface area contributed by atoms with Gasteiger partial charge in [0.1, 0.15) is 0 Å². The predicted octanol–water partition coefficient (Wildman–Crippen LogP) is 3.03. The van der Waals surface area contributed by atoms with Crippen LogP contribution in [0.1, 0.15) is 19.4 Å². The SMILES string of the molecule is CC(C)(O)CN(Cc1ccccc1)C(=O)Nc1ccc(F)nc1. The van der Waals surface area contributed by atoms with Crippen molar-refractivity contribution >= 4 is 11.7 Å². The fraction of sp³-hybridized carbons (Fsp3) is 0.294. The third kappa shape index (κ3) is 5.67. The van der Waals surface area contributed by atoms with Crippen molar-refractivity contribution in [2.75, 3.05) is 11.9 Å². The molecular weight excluding hydrogens is 297 g/mol. The van der Waals surface area contributed by atoms with E-state index in [-0.39, 0.29) is 12.6 Å². The molecule has 0 aliphatic carbocycles. The van der Waals surface area contributed by atoms with E-state index >= 15 is 0 Å². The zero-order valence-corrected chi connectivity index (χ0v) is 13.2. The largest absolute Gasteiger partial charge is 0.389 e. The number of halogens is 1. The molecule has 2 N–H and O–H groups in total. The second kappa shape index (κ2) is 7.19. The Labute approximate surface area is 134 Å². The molecule has 0 unspecified atom stereocenters. The van der Waals surface area contributed by atoms with Crippen LogP contribution in [0.4, 0.5) is 14.9 Å². The van der Waals surface area contributed by atoms with Crippen LogP contribution in [0.5, 0.6) is 0 Å². The van der Waals surface area contributed by atoms with Crippen molar-refractivity contribution in [3.05, 3.63) is 60.2 Å². The summed E-state index contributed by atoms with van der Waals surface area (Å²) >= 11 is 0. The molecule has 23 heavy (non-hydrogen) atoms. The number of urea groups is 1. The Morgan fingerprint density at radius 1 is 1.26 bits per heavy atom. The number of carbonyl (C=O) groups is 1. The predicted molar refractivity (Wildman–Crippen MR) is 86.4 cm³/mol. The topological polar surface area (TPSA) is 65.5 Å². The van der Waals surface area contributed by atoms with Crippen LogP contribution in [0.25, 0.3) is 0 Å². The minimum absolute atomic E-state index is 0.155. The maximum absolute atomic E-state index is 12.8. The van der Waals surface area contributed by atoms with Gasteiger partial charge in [0, 0.05) is 6.54 Å². The summed E-state index contributed by atoms with van der Waals surface area (Å²) in [6.45, 7) is 3.78. The van der Waals surface area contributed by atoms with Gasteiger partial charge in [-0.1, -0.05) is 30.3 Å². The van der Waals surface area contributed by atoms with Crippen LogP contribution in [-0.4, -0.2) is 33.2 Å². The molecule has 0 radical (unpaired) electrons. The number of aromatic nitrogens is 1. The fourth-order valence-corrected chi connectivity index (χ4v) is 2.12. The van der Waals surface area contributed by atoms with Gasteiger partial charge in [-0.3, -0.25) is 0 Å². The number of hydrogen-bond acceptors (Lipinski definition) is 3. The summed E-state index contributed by atoms with van der Waals surface area (Å²) in [5, 5.41) is 12.7. The van der Waals surface area contributed by atoms with Crippen LogP contribution in [-0.2, 0) is 6.54 Å². The molecule has 1 aromatic carbocycles. The van der Waals surface area contributed by atoms with Crippen LogP contribution in [0.3, 0.4) is 0 Å². The lowest BCUT2D eigenvalue weighted by molar-refractivity contribution is 0.0469. The third-order valence-electron chi connectivity index (χ3n) is 3.06. The number of benzene rings is 1. The Kier molecular flexibility index (Phi) is 5.28. The molecule has 1 aromatic heterocycles. The van der Waals surface area contributed by atoms with Crippen molar-refractivity contribution in [3.63, 3.8) is 0 Å². The smallest absolute Gasteiger partial charge is 0.322 e. The van der Waals surface area contributed by atoms with Gasteiger partial charge >= 0.3 is 6.03 Å². The molecule has 0 aliphatic heterocycles. The first-order valence-electron chi connectivity index (χ1n) is 7.27. The average molecular weight is 317 g/mol. The summed E-state index contributed by atoms with van der Waals surface area (Å²) in [5.74, 6) is -0.611. The number of rotatable bonds is 5. The van der Waals surface area contributed by atoms with E-state index in [2.05, 4.69) is 10.3 Å². The standard InChI is InChI=1S/C17H20FN3O2/c1-17(2,23)12-21(11-13-6-4-3-5-7-13)16(22)20-14-8-9-15(18)19-10-14/h3-10,23H,11-12H2,1-2H3,(H,20,22). The number of amides is 2. The van der Waals surface area contributed by atoms with Gasteiger partial charge in [-0.2, -0.15) is 4.39 Å². The number of aliphatic hydroxyl groups is 1. The van der Waals surface area contributed by atoms with Crippen molar-refractivity contribution in [3.8, 4) is 0 Å². The second-order valence-electron chi connectivity index (χ2n) is 5.95. The Morgan fingerprint density at radius 2 is 1.96 bits per heavy atom. The summed E-state index contributed by atoms with van der Waals surface area (Å²) in [5.41, 5.74) is 0.307. The van der Waals surface area contributed by atoms with Crippen LogP contribution in [0, 0.1) is 5.95 Å². The first-order valence-corrected chi connectivity index (χ1v) is 7.27. The quantitative estimate of drug-likeness (QED) is 0.833. The number of anilines is 1. The van der Waals surface area contributed by atoms with E-state index in [1.54, 1.807) is 13.8 Å². The zero-order valence-electron chi connectivity index (χ0n) is 13.2. The summed E-state index contributed by atoms with van der Waals surface area (Å²) in [6.07, 6.45) is 1.25. The van der Waals surface area contributed by atoms with Crippen molar-refractivity contribution in [2.45, 2.75) is 26.0 Å². The van der Waals surface area contributed by atoms with Crippen molar-refractivity contribution in [2.24, 2.45) is 0 Å². The molecule has 122 valence electrons. The maximum atomic E-state index is 12.8. The highest BCUT2D eigenvalue weighted by atomic mass is 19.1. The molecule has 0 saturated heterocycles. The van der Waals surface area contributed by atoms with Gasteiger partial charge in [0.05, 0.1) is 24.0 Å². The molecule has 2 rings (SSSR count). The highest BCUT2D eigenvalue weighted by Gasteiger charge is 2.23. The van der Waals surface area contributed by atoms with E-state index in [1.165, 1.54) is 23.2 Å². The van der Waals surface area contributed by atoms with Crippen LogP contribution in [0.15, 0.2) is 48.7 Å². The van der Waals surface area contributed by atoms with Gasteiger partial charge in [0.2, 0.25) is 5.95 Å². The highest BCUT2D eigenvalue weighted by molar-refractivity contribution is 5.89. The molecule has 2 aromatic rings. The number of pyridine rings is 1. The molecule has 0 fully saturated rings. The molecule has 5 nitrogen and oxygen atoms in total. The summed E-state index contributed by atoms with van der Waals surface area (Å²) < 4.78 is 12.8. The van der Waals surface area contributed by atoms with Gasteiger partial charge in [0.15, 0.2) is 0 Å². The van der Waals surface area contributed by atoms with Crippen molar-refractivity contribution in [1.29, 1.82) is 0 Å². The summed E-state index contributed by atoms with van der Waals surface area (Å²) in [7, 11) is 0. The van der Waals surface area contributed by atoms with E-state index in [0.29, 0.717) is 12.2 Å². The molecule has 1 heterocycles. The Bertz CT molecular complexity index is 639. The average Bonchev–Trinajstić information content (AvgIpc) is 2.48. The number of nitrogens with zero attached hydrogens (tertiary/aromatic N) is 2. The first-order chi connectivity index (χ1) is 10.8. The summed E-state index contributed by atoms with van der Waals surface area (Å²) in [6, 6.07) is 11.7. The molecule has 0 saturated carbocycles. The van der Waals surface area contributed by atoms with Gasteiger partial charge in [0.25, 0.3) is 0 Å². The molecule has 0 aliphatic rings. The molecule has 0 bridgehead atoms. The molecule has 6 heteroatoms. The Hall–Kier alpha value is -2.47. The van der Waals surface area contributed by atoms with Gasteiger partial charge in [-0.05, 0) is 31.5 Å². The van der Waals surface area contributed by atoms with Gasteiger partial charge in [-0.15, -0.1) is 0 Å². The van der Waals surface area contributed by atoms with Crippen LogP contribution >= 0.6 is 0 Å². The number of hydrogen-bond donors (Lipinski definition) is 2. The Balaban J connectivity index is 2.11. The molecule has 2 amide bonds. The van der Waals surface area contributed by atoms with E-state index in [0.717, 1.165) is 5.56 Å². The minimum atomic E-state index is -1.03. The monoisotopic (exact) mass is 317 g/mol. The lowest BCUT2D eigenvalue weighted by Crippen LogP contribution is -2.43. The third-order valence-corrected chi connectivity index (χ3v) is 3.06. The van der Waals surface area contributed by atoms with Crippen LogP contribution < -0.4 is 5.32 Å². The lowest BCUT2D eigenvalue weighted by atomic mass is 10.1. The normalized spacial score (nSPS) is 11.1. The minimum Gasteiger partial charge on any atom is -0.389 e. The molecular formula is C17H20FN3O2. The first kappa shape index (κ1) is 16.9. The summed E-state index contributed by atoms with van der Waals surface area (Å²) in [4.78, 5) is 17.5. The van der Waals surface area contributed by atoms with Crippen molar-refractivity contribution < 1.29 is 14.3 Å². The fourth-order valence-electron chi connectivity index (χ4n) is 2.12. The zero-order chi connectivity index (χ0) is 16.9. The molecule has 0 spiro atoms. The van der Waals surface area contributed by atoms with E-state index in [1.807, 2.05) is 30.3 Å². The van der Waals surface area contributed by atoms with Crippen LogP contribution in [0.2, 0.25) is 0 Å². The number of nitrogens with one attached hydrogen (secondary N) is 1. The van der Waals surface area contributed by atoms with Crippen molar-refractivity contribution in [1.82, 2.24) is 9.88 Å². The Morgan fingerprint density at radius 3 is 2.52 bits per heavy atom. The molecule has 0 atom stereocenters. The maximum Gasteiger partial charge on any atom is 0.322 e. The van der Waals surface area contributed by atoms with E-state index in [4.69, 9.17) is 0 Å².